The van der Waals surface area contributed by atoms with Crippen LogP contribution >= 0.6 is 11.3 Å². The van der Waals surface area contributed by atoms with Crippen molar-refractivity contribution in [3.63, 3.8) is 0 Å². The van der Waals surface area contributed by atoms with Gasteiger partial charge in [-0.15, -0.1) is 11.3 Å². The number of hydrogen-bond acceptors (Lipinski definition) is 4. The van der Waals surface area contributed by atoms with E-state index < -0.39 is 10.0 Å². The quantitative estimate of drug-likeness (QED) is 0.512. The number of carbonyl (C=O) groups excluding carboxylic acids is 1. The van der Waals surface area contributed by atoms with Gasteiger partial charge in [0.15, 0.2) is 0 Å². The SMILES string of the molecule is CC(C)c1ccc(C(NC(=O)c2ccc(S(=O)(=O)NC3CC3)cc2)c2cccs2)cc1. The van der Waals surface area contributed by atoms with E-state index in [-0.39, 0.29) is 22.9 Å². The van der Waals surface area contributed by atoms with Crippen LogP contribution in [0.25, 0.3) is 0 Å². The Bertz CT molecular complexity index is 1130. The number of nitrogens with one attached hydrogen (secondary N) is 2. The first-order valence-corrected chi connectivity index (χ1v) is 12.8. The van der Waals surface area contributed by atoms with Crippen LogP contribution in [0.5, 0.6) is 0 Å². The van der Waals surface area contributed by atoms with E-state index in [9.17, 15) is 13.2 Å². The third kappa shape index (κ3) is 5.23. The standard InChI is InChI=1S/C24H26N2O3S2/c1-16(2)17-5-7-18(8-6-17)23(22-4-3-15-30-22)25-24(27)19-9-13-21(14-10-19)31(28,29)26-20-11-12-20/h3-10,13-16,20,23,26H,11-12H2,1-2H3,(H,25,27). The van der Waals surface area contributed by atoms with Gasteiger partial charge in [0, 0.05) is 16.5 Å². The summed E-state index contributed by atoms with van der Waals surface area (Å²) in [6, 6.07) is 18.1. The molecule has 0 aliphatic heterocycles. The summed E-state index contributed by atoms with van der Waals surface area (Å²) in [5, 5.41) is 5.10. The Morgan fingerprint density at radius 2 is 1.61 bits per heavy atom. The number of rotatable bonds is 8. The molecule has 31 heavy (non-hydrogen) atoms. The maximum Gasteiger partial charge on any atom is 0.252 e. The van der Waals surface area contributed by atoms with Gasteiger partial charge in [0.25, 0.3) is 5.91 Å². The van der Waals surface area contributed by atoms with Crippen molar-refractivity contribution >= 4 is 27.3 Å². The van der Waals surface area contributed by atoms with Crippen LogP contribution in [0.1, 0.15) is 65.0 Å². The smallest absolute Gasteiger partial charge is 0.252 e. The van der Waals surface area contributed by atoms with Crippen LogP contribution < -0.4 is 10.0 Å². The Hall–Kier alpha value is -2.48. The molecule has 1 saturated carbocycles. The Labute approximate surface area is 187 Å². The summed E-state index contributed by atoms with van der Waals surface area (Å²) in [6.45, 7) is 4.30. The summed E-state index contributed by atoms with van der Waals surface area (Å²) in [6.07, 6.45) is 1.75. The van der Waals surface area contributed by atoms with E-state index in [4.69, 9.17) is 0 Å². The second-order valence-corrected chi connectivity index (χ2v) is 10.9. The fraction of sp³-hybridized carbons (Fsp3) is 0.292. The second kappa shape index (κ2) is 8.94. The minimum atomic E-state index is -3.53. The van der Waals surface area contributed by atoms with Crippen molar-refractivity contribution in [2.75, 3.05) is 0 Å². The average Bonchev–Trinajstić information content (AvgIpc) is 3.39. The van der Waals surface area contributed by atoms with Gasteiger partial charge in [-0.05, 0) is 65.6 Å². The predicted octanol–water partition coefficient (Wildman–Crippen LogP) is 4.83. The number of amides is 1. The van der Waals surface area contributed by atoms with Gasteiger partial charge in [-0.3, -0.25) is 4.79 Å². The topological polar surface area (TPSA) is 75.3 Å². The molecule has 1 unspecified atom stereocenters. The minimum absolute atomic E-state index is 0.0432. The molecule has 0 saturated heterocycles. The van der Waals surface area contributed by atoms with E-state index in [1.807, 2.05) is 17.5 Å². The van der Waals surface area contributed by atoms with Crippen LogP contribution in [0, 0.1) is 0 Å². The summed E-state index contributed by atoms with van der Waals surface area (Å²) >= 11 is 1.59. The van der Waals surface area contributed by atoms with E-state index in [1.165, 1.54) is 17.7 Å². The molecule has 7 heteroatoms. The van der Waals surface area contributed by atoms with E-state index in [0.29, 0.717) is 11.5 Å². The van der Waals surface area contributed by atoms with Gasteiger partial charge >= 0.3 is 0 Å². The number of thiophene rings is 1. The molecule has 1 aliphatic carbocycles. The molecule has 162 valence electrons. The second-order valence-electron chi connectivity index (χ2n) is 8.16. The normalized spacial score (nSPS) is 15.1. The van der Waals surface area contributed by atoms with Gasteiger partial charge in [0.2, 0.25) is 10.0 Å². The Kier molecular flexibility index (Phi) is 6.27. The van der Waals surface area contributed by atoms with Crippen molar-refractivity contribution in [1.82, 2.24) is 10.0 Å². The summed E-state index contributed by atoms with van der Waals surface area (Å²) in [7, 11) is -3.53. The monoisotopic (exact) mass is 454 g/mol. The summed E-state index contributed by atoms with van der Waals surface area (Å²) < 4.78 is 27.3. The predicted molar refractivity (Wildman–Crippen MR) is 124 cm³/mol. The van der Waals surface area contributed by atoms with Gasteiger partial charge in [-0.1, -0.05) is 44.2 Å². The zero-order valence-corrected chi connectivity index (χ0v) is 19.2. The molecule has 1 aliphatic rings. The largest absolute Gasteiger partial charge is 0.340 e. The van der Waals surface area contributed by atoms with Crippen molar-refractivity contribution < 1.29 is 13.2 Å². The summed E-state index contributed by atoms with van der Waals surface area (Å²) in [5.41, 5.74) is 2.68. The number of hydrogen-bond donors (Lipinski definition) is 2. The van der Waals surface area contributed by atoms with E-state index in [2.05, 4.69) is 48.2 Å². The molecule has 2 aromatic carbocycles. The Morgan fingerprint density at radius 1 is 0.968 bits per heavy atom. The zero-order valence-electron chi connectivity index (χ0n) is 17.5. The van der Waals surface area contributed by atoms with Crippen LogP contribution in [0.4, 0.5) is 0 Å². The Balaban J connectivity index is 1.53. The molecule has 3 aromatic rings. The average molecular weight is 455 g/mol. The molecule has 2 N–H and O–H groups in total. The van der Waals surface area contributed by atoms with Gasteiger partial charge in [-0.25, -0.2) is 13.1 Å². The first-order valence-electron chi connectivity index (χ1n) is 10.4. The first kappa shape index (κ1) is 21.7. The van der Waals surface area contributed by atoms with Crippen LogP contribution in [0.15, 0.2) is 70.9 Å². The highest BCUT2D eigenvalue weighted by atomic mass is 32.2. The highest BCUT2D eigenvalue weighted by molar-refractivity contribution is 7.89. The Morgan fingerprint density at radius 3 is 2.16 bits per heavy atom. The van der Waals surface area contributed by atoms with Crippen LogP contribution in [0.2, 0.25) is 0 Å². The number of sulfonamides is 1. The zero-order chi connectivity index (χ0) is 22.0. The van der Waals surface area contributed by atoms with Crippen molar-refractivity contribution in [3.8, 4) is 0 Å². The lowest BCUT2D eigenvalue weighted by atomic mass is 9.98. The molecule has 1 aromatic heterocycles. The molecule has 0 radical (unpaired) electrons. The third-order valence-corrected chi connectivity index (χ3v) is 7.84. The lowest BCUT2D eigenvalue weighted by molar-refractivity contribution is 0.0943. The van der Waals surface area contributed by atoms with Crippen LogP contribution in [0.3, 0.4) is 0 Å². The van der Waals surface area contributed by atoms with Crippen LogP contribution in [-0.2, 0) is 10.0 Å². The van der Waals surface area contributed by atoms with E-state index in [1.54, 1.807) is 23.5 Å². The highest BCUT2D eigenvalue weighted by Gasteiger charge is 2.28. The highest BCUT2D eigenvalue weighted by Crippen LogP contribution is 2.28. The first-order chi connectivity index (χ1) is 14.8. The molecular formula is C24H26N2O3S2. The number of carbonyl (C=O) groups is 1. The van der Waals surface area contributed by atoms with Crippen molar-refractivity contribution in [2.45, 2.75) is 49.6 Å². The fourth-order valence-electron chi connectivity index (χ4n) is 3.34. The number of benzene rings is 2. The fourth-order valence-corrected chi connectivity index (χ4v) is 5.44. The molecule has 1 amide bonds. The third-order valence-electron chi connectivity index (χ3n) is 5.37. The van der Waals surface area contributed by atoms with Gasteiger partial charge in [0.05, 0.1) is 10.9 Å². The van der Waals surface area contributed by atoms with Gasteiger partial charge < -0.3 is 5.32 Å². The van der Waals surface area contributed by atoms with E-state index >= 15 is 0 Å². The van der Waals surface area contributed by atoms with Gasteiger partial charge in [-0.2, -0.15) is 0 Å². The maximum absolute atomic E-state index is 13.0. The molecule has 5 nitrogen and oxygen atoms in total. The lowest BCUT2D eigenvalue weighted by Gasteiger charge is -2.19. The summed E-state index contributed by atoms with van der Waals surface area (Å²) in [4.78, 5) is 14.2. The van der Waals surface area contributed by atoms with Crippen molar-refractivity contribution in [3.05, 3.63) is 87.6 Å². The molecule has 1 atom stereocenters. The minimum Gasteiger partial charge on any atom is -0.340 e. The molecule has 0 spiro atoms. The lowest BCUT2D eigenvalue weighted by Crippen LogP contribution is -2.29. The summed E-state index contributed by atoms with van der Waals surface area (Å²) in [5.74, 6) is 0.193. The van der Waals surface area contributed by atoms with Gasteiger partial charge in [0.1, 0.15) is 0 Å². The molecule has 0 bridgehead atoms. The molecule has 1 heterocycles. The van der Waals surface area contributed by atoms with Crippen molar-refractivity contribution in [2.24, 2.45) is 0 Å². The van der Waals surface area contributed by atoms with Crippen molar-refractivity contribution in [1.29, 1.82) is 0 Å². The maximum atomic E-state index is 13.0. The van der Waals surface area contributed by atoms with E-state index in [0.717, 1.165) is 23.3 Å². The van der Waals surface area contributed by atoms with Crippen LogP contribution in [-0.4, -0.2) is 20.4 Å². The molecular weight excluding hydrogens is 428 g/mol. The molecule has 1 fully saturated rings. The molecule has 4 rings (SSSR count).